The van der Waals surface area contributed by atoms with Crippen molar-refractivity contribution in [3.63, 3.8) is 0 Å². The molecule has 0 atom stereocenters. The Morgan fingerprint density at radius 1 is 0.426 bits per heavy atom. The quantitative estimate of drug-likeness (QED) is 0.192. The second kappa shape index (κ2) is 10.3. The largest absolute Gasteiger partial charge is 0.454 e. The highest BCUT2D eigenvalue weighted by Crippen LogP contribution is 2.45. The summed E-state index contributed by atoms with van der Waals surface area (Å²) < 4.78 is 11.6. The van der Waals surface area contributed by atoms with Crippen molar-refractivity contribution >= 4 is 64.5 Å². The minimum absolute atomic E-state index is 0.899. The van der Waals surface area contributed by atoms with E-state index in [2.05, 4.69) is 168 Å². The molecule has 0 bridgehead atoms. The number of para-hydroxylation sites is 2. The van der Waals surface area contributed by atoms with E-state index in [9.17, 15) is 0 Å². The van der Waals surface area contributed by atoms with Gasteiger partial charge in [-0.2, -0.15) is 0 Å². The molecule has 2 nitrogen and oxygen atoms in total. The fourth-order valence-electron chi connectivity index (χ4n) is 7.32. The molecule has 0 saturated carbocycles. The number of thiophene rings is 1. The third kappa shape index (κ3) is 3.97. The lowest BCUT2D eigenvalue weighted by molar-refractivity contribution is 0.673. The van der Waals surface area contributed by atoms with Crippen LogP contribution in [0.15, 0.2) is 168 Å². The molecule has 0 spiro atoms. The van der Waals surface area contributed by atoms with Gasteiger partial charge in [-0.05, 0) is 63.7 Å². The summed E-state index contributed by atoms with van der Waals surface area (Å²) in [6.45, 7) is 0. The van der Waals surface area contributed by atoms with E-state index < -0.39 is 0 Å². The Kier molecular flexibility index (Phi) is 5.78. The Hall–Kier alpha value is -5.90. The maximum atomic E-state index is 6.62. The number of benzene rings is 7. The molecule has 3 heteroatoms. The lowest BCUT2D eigenvalue weighted by atomic mass is 9.97. The molecule has 0 unspecified atom stereocenters. The fraction of sp³-hybridized carbons (Fsp3) is 0. The Morgan fingerprint density at radius 3 is 1.66 bits per heavy atom. The first-order valence-corrected chi connectivity index (χ1v) is 16.8. The van der Waals surface area contributed by atoms with Crippen LogP contribution in [0.1, 0.15) is 0 Å². The van der Waals surface area contributed by atoms with Crippen molar-refractivity contribution in [1.82, 2.24) is 4.57 Å². The molecule has 220 valence electrons. The van der Waals surface area contributed by atoms with Crippen LogP contribution in [0.25, 0.3) is 92.2 Å². The van der Waals surface area contributed by atoms with Crippen LogP contribution in [0.3, 0.4) is 0 Å². The highest BCUT2D eigenvalue weighted by atomic mass is 32.1. The standard InChI is InChI=1S/C44H27NOS/c1-3-12-28(13-4-1)33-18-9-20-35-36-21-10-19-34(44(36)47-43(33)35)30-26-24-29(25-27-30)32-17-11-23-39-40(32)41-42(46-39)37-16-7-8-22-38(37)45(41)31-14-5-2-6-15-31/h1-27H. The highest BCUT2D eigenvalue weighted by Gasteiger charge is 2.22. The van der Waals surface area contributed by atoms with E-state index in [0.717, 1.165) is 38.7 Å². The predicted molar refractivity (Wildman–Crippen MR) is 200 cm³/mol. The van der Waals surface area contributed by atoms with Crippen molar-refractivity contribution < 1.29 is 4.42 Å². The average Bonchev–Trinajstić information content (AvgIpc) is 3.81. The van der Waals surface area contributed by atoms with E-state index in [0.29, 0.717) is 0 Å². The van der Waals surface area contributed by atoms with Crippen LogP contribution in [0.4, 0.5) is 0 Å². The van der Waals surface area contributed by atoms with E-state index >= 15 is 0 Å². The zero-order valence-electron chi connectivity index (χ0n) is 25.4. The zero-order valence-corrected chi connectivity index (χ0v) is 26.2. The van der Waals surface area contributed by atoms with E-state index in [1.807, 2.05) is 11.3 Å². The number of hydrogen-bond donors (Lipinski definition) is 0. The molecule has 0 saturated heterocycles. The van der Waals surface area contributed by atoms with E-state index in [1.54, 1.807) is 0 Å². The summed E-state index contributed by atoms with van der Waals surface area (Å²) in [4.78, 5) is 0. The van der Waals surface area contributed by atoms with Crippen molar-refractivity contribution in [3.8, 4) is 39.1 Å². The Labute approximate surface area is 275 Å². The summed E-state index contributed by atoms with van der Waals surface area (Å²) in [5.74, 6) is 0. The first-order valence-electron chi connectivity index (χ1n) is 15.9. The summed E-state index contributed by atoms with van der Waals surface area (Å²) in [7, 11) is 0. The van der Waals surface area contributed by atoms with Crippen LogP contribution in [0.5, 0.6) is 0 Å². The minimum atomic E-state index is 0.899. The molecule has 10 aromatic rings. The molecule has 0 aliphatic carbocycles. The second-order valence-electron chi connectivity index (χ2n) is 12.1. The van der Waals surface area contributed by atoms with Gasteiger partial charge in [0.1, 0.15) is 11.1 Å². The van der Waals surface area contributed by atoms with E-state index in [4.69, 9.17) is 4.42 Å². The van der Waals surface area contributed by atoms with Gasteiger partial charge in [0, 0.05) is 31.2 Å². The minimum Gasteiger partial charge on any atom is -0.454 e. The van der Waals surface area contributed by atoms with Gasteiger partial charge in [0.2, 0.25) is 0 Å². The maximum Gasteiger partial charge on any atom is 0.161 e. The van der Waals surface area contributed by atoms with Gasteiger partial charge >= 0.3 is 0 Å². The molecule has 0 fully saturated rings. The molecule has 0 amide bonds. The van der Waals surface area contributed by atoms with Gasteiger partial charge < -0.3 is 8.98 Å². The summed E-state index contributed by atoms with van der Waals surface area (Å²) in [5, 5.41) is 4.88. The van der Waals surface area contributed by atoms with Crippen LogP contribution < -0.4 is 0 Å². The number of nitrogens with zero attached hydrogens (tertiary/aromatic N) is 1. The molecule has 3 heterocycles. The molecule has 7 aromatic carbocycles. The van der Waals surface area contributed by atoms with Gasteiger partial charge in [0.25, 0.3) is 0 Å². The number of aromatic nitrogens is 1. The lowest BCUT2D eigenvalue weighted by Crippen LogP contribution is -1.93. The van der Waals surface area contributed by atoms with Crippen molar-refractivity contribution in [3.05, 3.63) is 164 Å². The third-order valence-electron chi connectivity index (χ3n) is 9.43. The molecular weight excluding hydrogens is 591 g/mol. The van der Waals surface area contributed by atoms with Crippen LogP contribution >= 0.6 is 11.3 Å². The Bertz CT molecular complexity index is 2770. The molecule has 0 aliphatic rings. The van der Waals surface area contributed by atoms with Crippen molar-refractivity contribution in [1.29, 1.82) is 0 Å². The summed E-state index contributed by atoms with van der Waals surface area (Å²) in [6.07, 6.45) is 0. The number of rotatable bonds is 4. The number of furan rings is 1. The molecule has 0 aliphatic heterocycles. The molecular formula is C44H27NOS. The molecule has 0 N–H and O–H groups in total. The average molecular weight is 618 g/mol. The van der Waals surface area contributed by atoms with Gasteiger partial charge in [-0.25, -0.2) is 0 Å². The van der Waals surface area contributed by atoms with Crippen molar-refractivity contribution in [2.24, 2.45) is 0 Å². The molecule has 0 radical (unpaired) electrons. The monoisotopic (exact) mass is 617 g/mol. The first kappa shape index (κ1) is 26.3. The van der Waals surface area contributed by atoms with Gasteiger partial charge in [0.05, 0.1) is 10.9 Å². The summed E-state index contributed by atoms with van der Waals surface area (Å²) >= 11 is 1.90. The predicted octanol–water partition coefficient (Wildman–Crippen LogP) is 12.9. The zero-order chi connectivity index (χ0) is 30.9. The van der Waals surface area contributed by atoms with Gasteiger partial charge in [-0.1, -0.05) is 133 Å². The molecule has 3 aromatic heterocycles. The van der Waals surface area contributed by atoms with Crippen LogP contribution in [0.2, 0.25) is 0 Å². The Balaban J connectivity index is 1.14. The Morgan fingerprint density at radius 2 is 0.957 bits per heavy atom. The normalized spacial score (nSPS) is 11.8. The number of hydrogen-bond acceptors (Lipinski definition) is 2. The van der Waals surface area contributed by atoms with Crippen LogP contribution in [-0.4, -0.2) is 4.57 Å². The lowest BCUT2D eigenvalue weighted by Gasteiger charge is -2.10. The molecule has 10 rings (SSSR count). The SMILES string of the molecule is c1ccc(-c2cccc3c2sc2c(-c4ccc(-c5cccc6oc7c8ccccc8n(-c8ccccc8)c7c56)cc4)cccc23)cc1. The fourth-order valence-corrected chi connectivity index (χ4v) is 8.69. The van der Waals surface area contributed by atoms with E-state index in [-0.39, 0.29) is 0 Å². The first-order chi connectivity index (χ1) is 23.3. The third-order valence-corrected chi connectivity index (χ3v) is 10.7. The van der Waals surface area contributed by atoms with Crippen molar-refractivity contribution in [2.75, 3.05) is 0 Å². The summed E-state index contributed by atoms with van der Waals surface area (Å²) in [6, 6.07) is 58.7. The summed E-state index contributed by atoms with van der Waals surface area (Å²) in [5.41, 5.74) is 12.6. The van der Waals surface area contributed by atoms with Crippen molar-refractivity contribution in [2.45, 2.75) is 0 Å². The van der Waals surface area contributed by atoms with Gasteiger partial charge in [-0.15, -0.1) is 11.3 Å². The number of fused-ring (bicyclic) bond motifs is 8. The maximum absolute atomic E-state index is 6.62. The van der Waals surface area contributed by atoms with Gasteiger partial charge in [0.15, 0.2) is 5.58 Å². The topological polar surface area (TPSA) is 18.1 Å². The highest BCUT2D eigenvalue weighted by molar-refractivity contribution is 7.26. The van der Waals surface area contributed by atoms with Gasteiger partial charge in [-0.3, -0.25) is 0 Å². The molecule has 47 heavy (non-hydrogen) atoms. The second-order valence-corrected chi connectivity index (χ2v) is 13.1. The van der Waals surface area contributed by atoms with Crippen LogP contribution in [-0.2, 0) is 0 Å². The van der Waals surface area contributed by atoms with E-state index in [1.165, 1.54) is 53.6 Å². The van der Waals surface area contributed by atoms with Crippen LogP contribution in [0, 0.1) is 0 Å². The smallest absolute Gasteiger partial charge is 0.161 e.